The molecule has 192 valence electrons. The first kappa shape index (κ1) is 28.0. The number of nitrogens with zero attached hydrogens (tertiary/aromatic N) is 4. The van der Waals surface area contributed by atoms with Gasteiger partial charge in [-0.3, -0.25) is 9.09 Å². The normalized spacial score (nSPS) is 24.8. The molecule has 1 aliphatic heterocycles. The van der Waals surface area contributed by atoms with Crippen molar-refractivity contribution in [3.8, 4) is 0 Å². The van der Waals surface area contributed by atoms with E-state index in [9.17, 15) is 23.5 Å². The molecule has 0 bridgehead atoms. The summed E-state index contributed by atoms with van der Waals surface area (Å²) in [5.74, 6) is 0.406. The van der Waals surface area contributed by atoms with Crippen molar-refractivity contribution in [2.75, 3.05) is 24.5 Å². The second kappa shape index (κ2) is 11.2. The molecule has 1 fully saturated rings. The van der Waals surface area contributed by atoms with Crippen molar-refractivity contribution in [1.29, 1.82) is 0 Å². The van der Waals surface area contributed by atoms with Crippen LogP contribution in [0.3, 0.4) is 0 Å². The number of nitrogens with two attached hydrogens (primary N) is 1. The Labute approximate surface area is 199 Å². The second-order valence-electron chi connectivity index (χ2n) is 6.44. The Morgan fingerprint density at radius 2 is 1.91 bits per heavy atom. The molecule has 0 aromatic carbocycles. The van der Waals surface area contributed by atoms with Gasteiger partial charge >= 0.3 is 23.5 Å². The van der Waals surface area contributed by atoms with E-state index in [0.29, 0.717) is 11.2 Å². The zero-order valence-electron chi connectivity index (χ0n) is 17.1. The third-order valence-corrected chi connectivity index (χ3v) is 9.41. The van der Waals surface area contributed by atoms with Gasteiger partial charge in [0.05, 0.1) is 19.0 Å². The highest BCUT2D eigenvalue weighted by Crippen LogP contribution is 2.66. The van der Waals surface area contributed by atoms with Gasteiger partial charge in [0, 0.05) is 6.42 Å². The number of nitrogen functional groups attached to an aromatic ring is 1. The first-order valence-corrected chi connectivity index (χ1v) is 16.2. The molecule has 0 saturated carbocycles. The minimum absolute atomic E-state index is 0.162. The highest BCUT2D eigenvalue weighted by molar-refractivity contribution is 8.76. The fourth-order valence-electron chi connectivity index (χ4n) is 2.91. The molecule has 5 atom stereocenters. The minimum atomic E-state index is -5.64. The van der Waals surface area contributed by atoms with E-state index < -0.39 is 48.5 Å². The zero-order chi connectivity index (χ0) is 25.1. The van der Waals surface area contributed by atoms with Crippen LogP contribution in [0.1, 0.15) is 12.6 Å². The van der Waals surface area contributed by atoms with E-state index in [1.54, 1.807) is 4.57 Å². The van der Waals surface area contributed by atoms with Gasteiger partial charge in [-0.2, -0.15) is 8.62 Å². The van der Waals surface area contributed by atoms with E-state index in [-0.39, 0.29) is 18.2 Å². The van der Waals surface area contributed by atoms with Gasteiger partial charge in [-0.1, -0.05) is 21.6 Å². The zero-order valence-corrected chi connectivity index (χ0v) is 21.4. The van der Waals surface area contributed by atoms with Gasteiger partial charge in [0.1, 0.15) is 30.1 Å². The standard InChI is InChI=1S/C12H20N5O12P3S2/c1-33-34-6-25-7-2-9(17-5-16-10-11(13)14-4-15-12(10)17)27-8(7)3-26-31(21,22)29-32(23,24)28-30(18,19)20/h4-5,7-9H,2-3,6H2,1H3,(H,21,22)(H,23,24)(H2,13,14,15)(H2,18,19,20)/t7-,8-,9-/m1/s1. The van der Waals surface area contributed by atoms with Crippen LogP contribution in [0, 0.1) is 0 Å². The highest BCUT2D eigenvalue weighted by Gasteiger charge is 2.43. The predicted octanol–water partition coefficient (Wildman–Crippen LogP) is 1.39. The third kappa shape index (κ3) is 7.69. The number of rotatable bonds is 12. The molecule has 0 spiro atoms. The molecule has 34 heavy (non-hydrogen) atoms. The van der Waals surface area contributed by atoms with Crippen LogP contribution in [0.15, 0.2) is 12.7 Å². The maximum atomic E-state index is 12.1. The van der Waals surface area contributed by atoms with Gasteiger partial charge in [-0.25, -0.2) is 28.6 Å². The molecule has 1 saturated heterocycles. The van der Waals surface area contributed by atoms with E-state index in [0.717, 1.165) is 0 Å². The largest absolute Gasteiger partial charge is 0.490 e. The van der Waals surface area contributed by atoms with Crippen LogP contribution < -0.4 is 5.73 Å². The van der Waals surface area contributed by atoms with Crippen molar-refractivity contribution < 1.29 is 55.9 Å². The average Bonchev–Trinajstić information content (AvgIpc) is 3.28. The molecule has 22 heteroatoms. The monoisotopic (exact) mass is 583 g/mol. The van der Waals surface area contributed by atoms with Crippen LogP contribution in [0.2, 0.25) is 0 Å². The summed E-state index contributed by atoms with van der Waals surface area (Å²) in [5.41, 5.74) is 6.52. The van der Waals surface area contributed by atoms with Crippen LogP contribution in [-0.4, -0.2) is 70.1 Å². The Kier molecular flexibility index (Phi) is 9.20. The van der Waals surface area contributed by atoms with E-state index in [2.05, 4.69) is 23.6 Å². The Morgan fingerprint density at radius 3 is 2.59 bits per heavy atom. The molecule has 3 rings (SSSR count). The van der Waals surface area contributed by atoms with Crippen LogP contribution >= 0.6 is 45.1 Å². The number of anilines is 1. The van der Waals surface area contributed by atoms with Gasteiger partial charge in [0.2, 0.25) is 0 Å². The molecule has 0 radical (unpaired) electrons. The minimum Gasteiger partial charge on any atom is -0.382 e. The van der Waals surface area contributed by atoms with Crippen molar-refractivity contribution in [1.82, 2.24) is 19.5 Å². The summed E-state index contributed by atoms with van der Waals surface area (Å²) in [6.07, 6.45) is 2.45. The van der Waals surface area contributed by atoms with Crippen LogP contribution in [0.25, 0.3) is 11.2 Å². The van der Waals surface area contributed by atoms with Crippen molar-refractivity contribution >= 4 is 62.0 Å². The summed E-state index contributed by atoms with van der Waals surface area (Å²) in [4.78, 5) is 48.4. The lowest BCUT2D eigenvalue weighted by Gasteiger charge is -2.21. The molecule has 0 aliphatic carbocycles. The first-order valence-electron chi connectivity index (χ1n) is 8.94. The first-order chi connectivity index (χ1) is 15.8. The molecular formula is C12H20N5O12P3S2. The number of hydrogen-bond acceptors (Lipinski definition) is 14. The smallest absolute Gasteiger partial charge is 0.382 e. The topological polar surface area (TPSA) is 248 Å². The second-order valence-corrected chi connectivity index (χ2v) is 13.4. The number of aromatic nitrogens is 4. The summed E-state index contributed by atoms with van der Waals surface area (Å²) in [7, 11) is -13.6. The van der Waals surface area contributed by atoms with E-state index in [1.807, 2.05) is 6.26 Å². The number of hydrogen-bond donors (Lipinski definition) is 5. The molecular weight excluding hydrogens is 563 g/mol. The van der Waals surface area contributed by atoms with Gasteiger partial charge < -0.3 is 34.8 Å². The lowest BCUT2D eigenvalue weighted by molar-refractivity contribution is -0.0522. The summed E-state index contributed by atoms with van der Waals surface area (Å²) < 4.78 is 59.6. The molecule has 17 nitrogen and oxygen atoms in total. The Balaban J connectivity index is 1.71. The van der Waals surface area contributed by atoms with E-state index in [4.69, 9.17) is 29.5 Å². The Bertz CT molecular complexity index is 1150. The maximum absolute atomic E-state index is 12.1. The summed E-state index contributed by atoms with van der Waals surface area (Å²) in [6, 6.07) is 0. The molecule has 3 heterocycles. The molecule has 6 N–H and O–H groups in total. The quantitative estimate of drug-likeness (QED) is 0.102. The van der Waals surface area contributed by atoms with Crippen LogP contribution in [0.5, 0.6) is 0 Å². The number of ether oxygens (including phenoxy) is 2. The van der Waals surface area contributed by atoms with Gasteiger partial charge in [0.25, 0.3) is 0 Å². The number of phosphoric acid groups is 3. The molecule has 1 aliphatic rings. The van der Waals surface area contributed by atoms with Crippen molar-refractivity contribution in [3.63, 3.8) is 0 Å². The van der Waals surface area contributed by atoms with Crippen molar-refractivity contribution in [3.05, 3.63) is 12.7 Å². The fourth-order valence-corrected chi connectivity index (χ4v) is 6.72. The van der Waals surface area contributed by atoms with Crippen LogP contribution in [-0.2, 0) is 36.3 Å². The Morgan fingerprint density at radius 1 is 1.18 bits per heavy atom. The van der Waals surface area contributed by atoms with Gasteiger partial charge in [0.15, 0.2) is 11.5 Å². The maximum Gasteiger partial charge on any atom is 0.490 e. The summed E-state index contributed by atoms with van der Waals surface area (Å²) in [6.45, 7) is -0.654. The Hall–Kier alpha value is -0.620. The predicted molar refractivity (Wildman–Crippen MR) is 119 cm³/mol. The van der Waals surface area contributed by atoms with Crippen molar-refractivity contribution in [2.45, 2.75) is 24.9 Å². The van der Waals surface area contributed by atoms with Gasteiger partial charge in [-0.05, 0) is 6.26 Å². The lowest BCUT2D eigenvalue weighted by atomic mass is 10.2. The van der Waals surface area contributed by atoms with Crippen LogP contribution in [0.4, 0.5) is 5.82 Å². The molecule has 2 unspecified atom stereocenters. The molecule has 0 amide bonds. The van der Waals surface area contributed by atoms with E-state index in [1.165, 1.54) is 34.2 Å². The summed E-state index contributed by atoms with van der Waals surface area (Å²) in [5, 5.41) is 0. The molecule has 2 aromatic rings. The summed E-state index contributed by atoms with van der Waals surface area (Å²) >= 11 is 0. The van der Waals surface area contributed by atoms with Crippen molar-refractivity contribution in [2.24, 2.45) is 0 Å². The highest BCUT2D eigenvalue weighted by atomic mass is 33.1. The lowest BCUT2D eigenvalue weighted by Crippen LogP contribution is -2.28. The molecule has 2 aromatic heterocycles. The third-order valence-electron chi connectivity index (χ3n) is 4.14. The number of imidazole rings is 1. The van der Waals surface area contributed by atoms with Gasteiger partial charge in [-0.15, -0.1) is 0 Å². The SMILES string of the molecule is CSSCO[C@@H]1C[C@H](n2cnc3c(N)ncnc32)O[C@@H]1COP(=O)(O)OP(=O)(O)OP(=O)(O)O. The van der Waals surface area contributed by atoms with E-state index >= 15 is 0 Å². The number of phosphoric ester groups is 1. The number of fused-ring (bicyclic) bond motifs is 1. The average molecular weight is 583 g/mol. The fraction of sp³-hybridized carbons (Fsp3) is 0.583.